The molecule has 2 aromatic rings. The average Bonchev–Trinajstić information content (AvgIpc) is 2.62. The predicted molar refractivity (Wildman–Crippen MR) is 89.5 cm³/mol. The Kier molecular flexibility index (Phi) is 6.51. The Labute approximate surface area is 140 Å². The van der Waals surface area contributed by atoms with Gasteiger partial charge < -0.3 is 19.4 Å². The maximum absolute atomic E-state index is 11.4. The summed E-state index contributed by atoms with van der Waals surface area (Å²) in [4.78, 5) is 22.6. The van der Waals surface area contributed by atoms with Gasteiger partial charge in [-0.3, -0.25) is 0 Å². The summed E-state index contributed by atoms with van der Waals surface area (Å²) in [5.41, 5.74) is 1.68. The lowest BCUT2D eigenvalue weighted by atomic mass is 9.93. The van der Waals surface area contributed by atoms with E-state index in [0.717, 1.165) is 17.6 Å². The largest absolute Gasteiger partial charge is 0.497 e. The Bertz CT molecular complexity index is 678. The van der Waals surface area contributed by atoms with Gasteiger partial charge in [0.25, 0.3) is 0 Å². The topological polar surface area (TPSA) is 72.8 Å². The SMILES string of the molecule is COc1ccc(COCC[C@@H](C=O)c2ccccc2C(=O)O)cc1. The molecule has 0 saturated carbocycles. The zero-order valence-electron chi connectivity index (χ0n) is 13.5. The molecule has 24 heavy (non-hydrogen) atoms. The number of ether oxygens (including phenoxy) is 2. The van der Waals surface area contributed by atoms with Crippen molar-refractivity contribution in [3.05, 3.63) is 65.2 Å². The molecule has 0 amide bonds. The van der Waals surface area contributed by atoms with Crippen molar-refractivity contribution in [1.29, 1.82) is 0 Å². The molecule has 0 heterocycles. The van der Waals surface area contributed by atoms with Crippen molar-refractivity contribution in [2.75, 3.05) is 13.7 Å². The number of hydrogen-bond acceptors (Lipinski definition) is 4. The Hall–Kier alpha value is -2.66. The van der Waals surface area contributed by atoms with Gasteiger partial charge in [0, 0.05) is 12.5 Å². The van der Waals surface area contributed by atoms with E-state index >= 15 is 0 Å². The summed E-state index contributed by atoms with van der Waals surface area (Å²) < 4.78 is 10.7. The van der Waals surface area contributed by atoms with E-state index in [2.05, 4.69) is 0 Å². The van der Waals surface area contributed by atoms with E-state index in [4.69, 9.17) is 9.47 Å². The van der Waals surface area contributed by atoms with Gasteiger partial charge in [-0.2, -0.15) is 0 Å². The molecule has 0 fully saturated rings. The van der Waals surface area contributed by atoms with Crippen molar-refractivity contribution in [2.24, 2.45) is 0 Å². The van der Waals surface area contributed by atoms with Crippen LogP contribution in [0.15, 0.2) is 48.5 Å². The molecule has 0 radical (unpaired) electrons. The van der Waals surface area contributed by atoms with Gasteiger partial charge in [-0.15, -0.1) is 0 Å². The second-order valence-electron chi connectivity index (χ2n) is 5.32. The average molecular weight is 328 g/mol. The van der Waals surface area contributed by atoms with Crippen LogP contribution >= 0.6 is 0 Å². The number of methoxy groups -OCH3 is 1. The molecule has 0 saturated heterocycles. The van der Waals surface area contributed by atoms with Crippen LogP contribution in [0.1, 0.15) is 33.8 Å². The molecule has 5 nitrogen and oxygen atoms in total. The number of hydrogen-bond donors (Lipinski definition) is 1. The highest BCUT2D eigenvalue weighted by atomic mass is 16.5. The number of carboxylic acid groups (broad SMARTS) is 1. The number of carbonyl (C=O) groups excluding carboxylic acids is 1. The third-order valence-electron chi connectivity index (χ3n) is 3.76. The van der Waals surface area contributed by atoms with Gasteiger partial charge in [0.1, 0.15) is 12.0 Å². The maximum Gasteiger partial charge on any atom is 0.335 e. The van der Waals surface area contributed by atoms with E-state index in [1.807, 2.05) is 24.3 Å². The zero-order valence-corrected chi connectivity index (χ0v) is 13.5. The summed E-state index contributed by atoms with van der Waals surface area (Å²) in [5.74, 6) is -0.741. The second-order valence-corrected chi connectivity index (χ2v) is 5.32. The summed E-state index contributed by atoms with van der Waals surface area (Å²) in [6, 6.07) is 14.1. The van der Waals surface area contributed by atoms with Gasteiger partial charge in [0.2, 0.25) is 0 Å². The van der Waals surface area contributed by atoms with Gasteiger partial charge >= 0.3 is 5.97 Å². The molecule has 0 aliphatic carbocycles. The smallest absolute Gasteiger partial charge is 0.335 e. The van der Waals surface area contributed by atoms with E-state index < -0.39 is 11.9 Å². The first-order valence-electron chi connectivity index (χ1n) is 7.64. The van der Waals surface area contributed by atoms with Gasteiger partial charge in [-0.05, 0) is 35.7 Å². The van der Waals surface area contributed by atoms with Crippen molar-refractivity contribution in [3.8, 4) is 5.75 Å². The zero-order chi connectivity index (χ0) is 17.4. The molecule has 0 aromatic heterocycles. The van der Waals surface area contributed by atoms with E-state index in [0.29, 0.717) is 25.2 Å². The molecular weight excluding hydrogens is 308 g/mol. The highest BCUT2D eigenvalue weighted by Gasteiger charge is 2.17. The molecule has 1 N–H and O–H groups in total. The molecule has 0 unspecified atom stereocenters. The minimum Gasteiger partial charge on any atom is -0.497 e. The summed E-state index contributed by atoms with van der Waals surface area (Å²) >= 11 is 0. The van der Waals surface area contributed by atoms with Gasteiger partial charge in [-0.1, -0.05) is 30.3 Å². The Morgan fingerprint density at radius 2 is 1.88 bits per heavy atom. The lowest BCUT2D eigenvalue weighted by molar-refractivity contribution is -0.109. The summed E-state index contributed by atoms with van der Waals surface area (Å²) in [6.45, 7) is 0.791. The fraction of sp³-hybridized carbons (Fsp3) is 0.263. The lowest BCUT2D eigenvalue weighted by Crippen LogP contribution is -2.11. The number of carboxylic acids is 1. The molecule has 2 aromatic carbocycles. The first-order chi connectivity index (χ1) is 11.7. The van der Waals surface area contributed by atoms with Crippen LogP contribution in [0.4, 0.5) is 0 Å². The lowest BCUT2D eigenvalue weighted by Gasteiger charge is -2.13. The number of carbonyl (C=O) groups is 2. The van der Waals surface area contributed by atoms with Crippen molar-refractivity contribution in [2.45, 2.75) is 18.9 Å². The Balaban J connectivity index is 1.90. The van der Waals surface area contributed by atoms with Gasteiger partial charge in [0.15, 0.2) is 0 Å². The molecule has 5 heteroatoms. The Morgan fingerprint density at radius 3 is 2.50 bits per heavy atom. The third kappa shape index (κ3) is 4.67. The highest BCUT2D eigenvalue weighted by molar-refractivity contribution is 5.90. The highest BCUT2D eigenvalue weighted by Crippen LogP contribution is 2.22. The first kappa shape index (κ1) is 17.7. The first-order valence-corrected chi connectivity index (χ1v) is 7.64. The summed E-state index contributed by atoms with van der Waals surface area (Å²) in [7, 11) is 1.61. The fourth-order valence-electron chi connectivity index (χ4n) is 2.43. The normalized spacial score (nSPS) is 11.7. The molecule has 2 rings (SSSR count). The molecule has 0 bridgehead atoms. The van der Waals surface area contributed by atoms with Crippen LogP contribution < -0.4 is 4.74 Å². The van der Waals surface area contributed by atoms with Crippen molar-refractivity contribution < 1.29 is 24.2 Å². The van der Waals surface area contributed by atoms with Crippen LogP contribution in [0.3, 0.4) is 0 Å². The standard InChI is InChI=1S/C19H20O5/c1-23-16-8-6-14(7-9-16)13-24-11-10-15(12-20)17-4-2-3-5-18(17)19(21)22/h2-9,12,15H,10-11,13H2,1H3,(H,21,22)/t15-/m0/s1. The quantitative estimate of drug-likeness (QED) is 0.565. The molecular formula is C19H20O5. The van der Waals surface area contributed by atoms with Crippen LogP contribution in [-0.2, 0) is 16.1 Å². The molecule has 126 valence electrons. The Morgan fingerprint density at radius 1 is 1.17 bits per heavy atom. The monoisotopic (exact) mass is 328 g/mol. The van der Waals surface area contributed by atoms with E-state index in [1.54, 1.807) is 25.3 Å². The summed E-state index contributed by atoms with van der Waals surface area (Å²) in [5, 5.41) is 9.22. The molecule has 0 aliphatic rings. The number of aromatic carboxylic acids is 1. The molecule has 0 aliphatic heterocycles. The molecule has 0 spiro atoms. The van der Waals surface area contributed by atoms with Crippen LogP contribution in [0.5, 0.6) is 5.75 Å². The summed E-state index contributed by atoms with van der Waals surface area (Å²) in [6.07, 6.45) is 1.21. The van der Waals surface area contributed by atoms with Crippen LogP contribution in [-0.4, -0.2) is 31.1 Å². The number of aldehydes is 1. The van der Waals surface area contributed by atoms with Crippen molar-refractivity contribution >= 4 is 12.3 Å². The van der Waals surface area contributed by atoms with Crippen LogP contribution in [0, 0.1) is 0 Å². The second kappa shape index (κ2) is 8.84. The maximum atomic E-state index is 11.4. The van der Waals surface area contributed by atoms with Crippen LogP contribution in [0.2, 0.25) is 0 Å². The third-order valence-corrected chi connectivity index (χ3v) is 3.76. The van der Waals surface area contributed by atoms with E-state index in [1.165, 1.54) is 6.07 Å². The van der Waals surface area contributed by atoms with E-state index in [9.17, 15) is 14.7 Å². The number of rotatable bonds is 9. The van der Waals surface area contributed by atoms with E-state index in [-0.39, 0.29) is 5.56 Å². The van der Waals surface area contributed by atoms with Crippen molar-refractivity contribution in [3.63, 3.8) is 0 Å². The van der Waals surface area contributed by atoms with Gasteiger partial charge in [-0.25, -0.2) is 4.79 Å². The molecule has 1 atom stereocenters. The minimum atomic E-state index is -1.03. The van der Waals surface area contributed by atoms with Crippen LogP contribution in [0.25, 0.3) is 0 Å². The van der Waals surface area contributed by atoms with Gasteiger partial charge in [0.05, 0.1) is 19.3 Å². The number of benzene rings is 2. The fourth-order valence-corrected chi connectivity index (χ4v) is 2.43. The minimum absolute atomic E-state index is 0.157. The van der Waals surface area contributed by atoms with Crippen molar-refractivity contribution in [1.82, 2.24) is 0 Å². The predicted octanol–water partition coefficient (Wildman–Crippen LogP) is 3.28.